The Kier molecular flexibility index (Phi) is 6.70. The fraction of sp³-hybridized carbons (Fsp3) is 0.286. The predicted molar refractivity (Wildman–Crippen MR) is 149 cm³/mol. The quantitative estimate of drug-likeness (QED) is 0.238. The van der Waals surface area contributed by atoms with E-state index in [1.807, 2.05) is 0 Å². The third kappa shape index (κ3) is 4.76. The van der Waals surface area contributed by atoms with Gasteiger partial charge in [-0.15, -0.1) is 0 Å². The number of hydrogen-bond acceptors (Lipinski definition) is 8. The number of aryl methyl sites for hydroxylation is 1. The second-order valence-electron chi connectivity index (χ2n) is 10.5. The van der Waals surface area contributed by atoms with E-state index < -0.39 is 38.6 Å². The lowest BCUT2D eigenvalue weighted by molar-refractivity contribution is -0.289. The lowest BCUT2D eigenvalue weighted by Crippen LogP contribution is -2.33. The Hall–Kier alpha value is -4.98. The van der Waals surface area contributed by atoms with Crippen LogP contribution in [0.15, 0.2) is 64.7 Å². The average molecular weight is 645 g/mol. The highest BCUT2D eigenvalue weighted by atomic mass is 32.2. The molecule has 0 aliphatic heterocycles. The van der Waals surface area contributed by atoms with Gasteiger partial charge in [0.05, 0.1) is 33.4 Å². The van der Waals surface area contributed by atoms with Crippen LogP contribution in [0.5, 0.6) is 0 Å². The maximum absolute atomic E-state index is 14.0. The molecule has 232 valence electrons. The molecule has 1 aromatic carbocycles. The summed E-state index contributed by atoms with van der Waals surface area (Å²) in [6.07, 6.45) is -2.88. The number of nitrogens with zero attached hydrogens (tertiary/aromatic N) is 8. The van der Waals surface area contributed by atoms with Crippen molar-refractivity contribution in [2.24, 2.45) is 7.05 Å². The number of aromatic nitrogens is 7. The second-order valence-corrected chi connectivity index (χ2v) is 12.7. The molecule has 1 saturated carbocycles. The van der Waals surface area contributed by atoms with Crippen LogP contribution >= 0.6 is 0 Å². The van der Waals surface area contributed by atoms with Crippen LogP contribution in [-0.4, -0.2) is 54.2 Å². The van der Waals surface area contributed by atoms with E-state index >= 15 is 0 Å². The Morgan fingerprint density at radius 1 is 1.07 bits per heavy atom. The first-order chi connectivity index (χ1) is 21.1. The minimum absolute atomic E-state index is 0.120. The number of halogens is 5. The van der Waals surface area contributed by atoms with Crippen molar-refractivity contribution in [1.82, 2.24) is 33.9 Å². The van der Waals surface area contributed by atoms with Gasteiger partial charge in [0, 0.05) is 13.2 Å². The van der Waals surface area contributed by atoms with Gasteiger partial charge >= 0.3 is 17.8 Å². The zero-order chi connectivity index (χ0) is 32.5. The fourth-order valence-corrected chi connectivity index (χ4v) is 5.94. The number of alkyl halides is 5. The molecule has 1 aliphatic carbocycles. The van der Waals surface area contributed by atoms with E-state index in [0.717, 1.165) is 10.2 Å². The largest absolute Gasteiger partial charge is 0.458 e. The van der Waals surface area contributed by atoms with Gasteiger partial charge in [0.15, 0.2) is 27.1 Å². The van der Waals surface area contributed by atoms with Gasteiger partial charge in [-0.25, -0.2) is 32.7 Å². The van der Waals surface area contributed by atoms with Crippen molar-refractivity contribution in [3.8, 4) is 29.1 Å². The van der Waals surface area contributed by atoms with Gasteiger partial charge in [-0.1, -0.05) is 19.1 Å². The van der Waals surface area contributed by atoms with E-state index in [4.69, 9.17) is 0 Å². The Bertz CT molecular complexity index is 2210. The molecule has 0 unspecified atom stereocenters. The van der Waals surface area contributed by atoms with Crippen LogP contribution in [0.25, 0.3) is 34.2 Å². The van der Waals surface area contributed by atoms with Crippen LogP contribution in [-0.2, 0) is 28.2 Å². The molecule has 6 rings (SSSR count). The third-order valence-corrected chi connectivity index (χ3v) is 9.49. The minimum atomic E-state index is -5.88. The first kappa shape index (κ1) is 30.1. The lowest BCUT2D eigenvalue weighted by atomic mass is 9.97. The number of nitriles is 1. The van der Waals surface area contributed by atoms with Crippen LogP contribution in [0.4, 0.5) is 22.0 Å². The summed E-state index contributed by atoms with van der Waals surface area (Å²) in [7, 11) is -2.63. The zero-order valence-electron chi connectivity index (χ0n) is 23.4. The van der Waals surface area contributed by atoms with Gasteiger partial charge in [0.1, 0.15) is 17.5 Å². The summed E-state index contributed by atoms with van der Waals surface area (Å²) >= 11 is 0. The molecule has 4 aromatic heterocycles. The monoisotopic (exact) mass is 644 g/mol. The molecule has 0 bridgehead atoms. The number of sulfone groups is 1. The van der Waals surface area contributed by atoms with Gasteiger partial charge in [-0.3, -0.25) is 0 Å². The molecule has 1 fully saturated rings. The predicted octanol–water partition coefficient (Wildman–Crippen LogP) is 4.37. The van der Waals surface area contributed by atoms with Crippen LogP contribution in [0.3, 0.4) is 0 Å². The molecular formula is C28H21F5N8O3S. The molecule has 4 heterocycles. The molecule has 17 heteroatoms. The van der Waals surface area contributed by atoms with Gasteiger partial charge in [-0.05, 0) is 48.7 Å². The maximum Gasteiger partial charge on any atom is 0.458 e. The van der Waals surface area contributed by atoms with Crippen LogP contribution in [0.1, 0.15) is 30.9 Å². The number of imidazole rings is 1. The summed E-state index contributed by atoms with van der Waals surface area (Å²) in [5.41, 5.74) is -2.32. The number of fused-ring (bicyclic) bond motifs is 1. The molecule has 0 saturated heterocycles. The van der Waals surface area contributed by atoms with Gasteiger partial charge < -0.3 is 4.57 Å². The molecule has 0 amide bonds. The average Bonchev–Trinajstić information content (AvgIpc) is 3.63. The SMILES string of the molecule is CCS(=O)(=O)c1ccc(-n2ncn(-c3cccc(C4(C#N)CC4)c3)c2=O)nc1-c1nc2cc(C(F)(F)C(F)(F)F)cnc2n1C. The van der Waals surface area contributed by atoms with Crippen molar-refractivity contribution in [3.63, 3.8) is 0 Å². The Morgan fingerprint density at radius 3 is 2.44 bits per heavy atom. The maximum atomic E-state index is 14.0. The van der Waals surface area contributed by atoms with Crippen molar-refractivity contribution in [2.45, 2.75) is 42.2 Å². The van der Waals surface area contributed by atoms with Crippen LogP contribution in [0, 0.1) is 11.3 Å². The molecule has 0 atom stereocenters. The van der Waals surface area contributed by atoms with Crippen LogP contribution in [0.2, 0.25) is 0 Å². The molecular weight excluding hydrogens is 623 g/mol. The lowest BCUT2D eigenvalue weighted by Gasteiger charge is -2.19. The Balaban J connectivity index is 1.49. The van der Waals surface area contributed by atoms with Crippen molar-refractivity contribution in [1.29, 1.82) is 5.26 Å². The van der Waals surface area contributed by atoms with E-state index in [-0.39, 0.29) is 39.1 Å². The number of benzene rings is 1. The highest BCUT2D eigenvalue weighted by Crippen LogP contribution is 2.48. The molecule has 45 heavy (non-hydrogen) atoms. The summed E-state index contributed by atoms with van der Waals surface area (Å²) in [6, 6.07) is 12.1. The standard InChI is InChI=1S/C28H21F5N8O3S/c1-3-45(43,44)20-7-8-21(41-25(42)40(15-36-41)18-6-4-5-16(11-18)26(14-34)9-10-26)38-22(20)24-37-19-12-17(13-35-23(19)39(24)2)27(29,30)28(31,32)33/h4-8,11-13,15H,3,9-10H2,1-2H3. The van der Waals surface area contributed by atoms with Crippen molar-refractivity contribution in [3.05, 3.63) is 76.6 Å². The number of rotatable bonds is 7. The summed E-state index contributed by atoms with van der Waals surface area (Å²) in [4.78, 5) is 25.4. The topological polar surface area (TPSA) is 141 Å². The second kappa shape index (κ2) is 10.0. The summed E-state index contributed by atoms with van der Waals surface area (Å²) in [5, 5.41) is 13.7. The summed E-state index contributed by atoms with van der Waals surface area (Å²) in [5.74, 6) is -5.92. The fourth-order valence-electron chi connectivity index (χ4n) is 4.93. The van der Waals surface area contributed by atoms with Crippen molar-refractivity contribution >= 4 is 21.0 Å². The molecule has 5 aromatic rings. The molecule has 0 radical (unpaired) electrons. The van der Waals surface area contributed by atoms with E-state index in [2.05, 4.69) is 26.1 Å². The highest BCUT2D eigenvalue weighted by molar-refractivity contribution is 7.91. The third-order valence-electron chi connectivity index (χ3n) is 7.73. The van der Waals surface area contributed by atoms with E-state index in [9.17, 15) is 40.4 Å². The zero-order valence-corrected chi connectivity index (χ0v) is 24.2. The highest BCUT2D eigenvalue weighted by Gasteiger charge is 2.59. The molecule has 0 N–H and O–H groups in total. The van der Waals surface area contributed by atoms with E-state index in [0.29, 0.717) is 30.8 Å². The van der Waals surface area contributed by atoms with E-state index in [1.165, 1.54) is 41.6 Å². The Labute approximate surface area is 251 Å². The van der Waals surface area contributed by atoms with Crippen molar-refractivity contribution in [2.75, 3.05) is 5.75 Å². The smallest absolute Gasteiger partial charge is 0.310 e. The van der Waals surface area contributed by atoms with Gasteiger partial charge in [0.25, 0.3) is 0 Å². The molecule has 1 aliphatic rings. The number of hydrogen-bond donors (Lipinski definition) is 0. The van der Waals surface area contributed by atoms with Crippen molar-refractivity contribution < 1.29 is 30.4 Å². The van der Waals surface area contributed by atoms with Crippen LogP contribution < -0.4 is 5.69 Å². The summed E-state index contributed by atoms with van der Waals surface area (Å²) < 4.78 is 96.5. The van der Waals surface area contributed by atoms with Gasteiger partial charge in [-0.2, -0.15) is 37.0 Å². The molecule has 0 spiro atoms. The normalized spacial score (nSPS) is 14.9. The molecule has 11 nitrogen and oxygen atoms in total. The summed E-state index contributed by atoms with van der Waals surface area (Å²) in [6.45, 7) is 1.38. The first-order valence-corrected chi connectivity index (χ1v) is 15.0. The Morgan fingerprint density at radius 2 is 1.80 bits per heavy atom. The number of pyridine rings is 2. The minimum Gasteiger partial charge on any atom is -0.310 e. The van der Waals surface area contributed by atoms with E-state index in [1.54, 1.807) is 24.3 Å². The first-order valence-electron chi connectivity index (χ1n) is 13.3. The van der Waals surface area contributed by atoms with Gasteiger partial charge in [0.2, 0.25) is 0 Å².